The number of hydrogen-bond donors (Lipinski definition) is 1. The molecule has 0 aliphatic heterocycles. The third kappa shape index (κ3) is 7.87. The second-order valence-electron chi connectivity index (χ2n) is 7.85. The molecule has 2 aromatic rings. The van der Waals surface area contributed by atoms with Crippen molar-refractivity contribution in [2.75, 3.05) is 19.8 Å². The number of carbonyl (C=O) groups excluding carboxylic acids is 1. The molecule has 1 unspecified atom stereocenters. The van der Waals surface area contributed by atoms with Crippen LogP contribution in [-0.2, 0) is 4.74 Å². The van der Waals surface area contributed by atoms with Crippen LogP contribution >= 0.6 is 0 Å². The molecule has 0 saturated carbocycles. The number of aliphatic hydroxyl groups is 1. The summed E-state index contributed by atoms with van der Waals surface area (Å²) < 4.78 is 17.1. The SMILES string of the molecule is CCC(CCOC(C)(C)C)Oc1ccc(C(=O)c2ccc(OCCO)cc2)cc1. The summed E-state index contributed by atoms with van der Waals surface area (Å²) in [5.41, 5.74) is 1.04. The predicted molar refractivity (Wildman–Crippen MR) is 114 cm³/mol. The lowest BCUT2D eigenvalue weighted by Gasteiger charge is -2.22. The molecule has 0 amide bonds. The van der Waals surface area contributed by atoms with Gasteiger partial charge >= 0.3 is 0 Å². The maximum atomic E-state index is 12.7. The Morgan fingerprint density at radius 2 is 1.48 bits per heavy atom. The van der Waals surface area contributed by atoms with Crippen LogP contribution in [0.15, 0.2) is 48.5 Å². The van der Waals surface area contributed by atoms with E-state index in [2.05, 4.69) is 6.92 Å². The summed E-state index contributed by atoms with van der Waals surface area (Å²) in [5.74, 6) is 1.31. The molecule has 158 valence electrons. The molecule has 2 rings (SSSR count). The van der Waals surface area contributed by atoms with Crippen molar-refractivity contribution in [1.29, 1.82) is 0 Å². The van der Waals surface area contributed by atoms with E-state index in [0.29, 0.717) is 23.5 Å². The van der Waals surface area contributed by atoms with Crippen molar-refractivity contribution in [2.24, 2.45) is 0 Å². The fourth-order valence-corrected chi connectivity index (χ4v) is 2.75. The van der Waals surface area contributed by atoms with E-state index in [1.54, 1.807) is 36.4 Å². The van der Waals surface area contributed by atoms with Crippen molar-refractivity contribution >= 4 is 5.78 Å². The fraction of sp³-hybridized carbons (Fsp3) is 0.458. The Labute approximate surface area is 173 Å². The standard InChI is InChI=1S/C24H32O5/c1-5-20(14-16-28-24(2,3)4)29-22-12-8-19(9-13-22)23(26)18-6-10-21(11-7-18)27-17-15-25/h6-13,20,25H,5,14-17H2,1-4H3. The zero-order chi connectivity index (χ0) is 21.3. The molecule has 0 spiro atoms. The van der Waals surface area contributed by atoms with E-state index >= 15 is 0 Å². The third-order valence-electron chi connectivity index (χ3n) is 4.33. The normalized spacial score (nSPS) is 12.4. The van der Waals surface area contributed by atoms with E-state index in [-0.39, 0.29) is 30.7 Å². The molecule has 0 fully saturated rings. The zero-order valence-corrected chi connectivity index (χ0v) is 17.8. The molecule has 0 aliphatic rings. The Morgan fingerprint density at radius 3 is 1.97 bits per heavy atom. The molecule has 1 N–H and O–H groups in total. The molecule has 0 bridgehead atoms. The Morgan fingerprint density at radius 1 is 0.931 bits per heavy atom. The maximum Gasteiger partial charge on any atom is 0.193 e. The second-order valence-corrected chi connectivity index (χ2v) is 7.85. The van der Waals surface area contributed by atoms with Crippen LogP contribution in [0.1, 0.15) is 56.5 Å². The van der Waals surface area contributed by atoms with E-state index < -0.39 is 0 Å². The average Bonchev–Trinajstić information content (AvgIpc) is 2.71. The number of hydrogen-bond acceptors (Lipinski definition) is 5. The third-order valence-corrected chi connectivity index (χ3v) is 4.33. The summed E-state index contributed by atoms with van der Waals surface area (Å²) in [7, 11) is 0. The first-order valence-electron chi connectivity index (χ1n) is 10.1. The number of ketones is 1. The lowest BCUT2D eigenvalue weighted by Crippen LogP contribution is -2.24. The highest BCUT2D eigenvalue weighted by Crippen LogP contribution is 2.20. The summed E-state index contributed by atoms with van der Waals surface area (Å²) in [5, 5.41) is 8.79. The van der Waals surface area contributed by atoms with Crippen molar-refractivity contribution in [3.05, 3.63) is 59.7 Å². The minimum Gasteiger partial charge on any atom is -0.491 e. The average molecular weight is 401 g/mol. The van der Waals surface area contributed by atoms with E-state index in [9.17, 15) is 4.79 Å². The van der Waals surface area contributed by atoms with Crippen LogP contribution in [0.25, 0.3) is 0 Å². The van der Waals surface area contributed by atoms with Crippen molar-refractivity contribution in [3.63, 3.8) is 0 Å². The van der Waals surface area contributed by atoms with Crippen molar-refractivity contribution < 1.29 is 24.1 Å². The van der Waals surface area contributed by atoms with Gasteiger partial charge in [0.1, 0.15) is 24.2 Å². The molecule has 0 saturated heterocycles. The molecule has 5 heteroatoms. The highest BCUT2D eigenvalue weighted by atomic mass is 16.5. The number of carbonyl (C=O) groups is 1. The van der Waals surface area contributed by atoms with Gasteiger partial charge in [-0.05, 0) is 75.7 Å². The van der Waals surface area contributed by atoms with Crippen molar-refractivity contribution in [2.45, 2.75) is 52.2 Å². The molecule has 5 nitrogen and oxygen atoms in total. The Bertz CT molecular complexity index is 744. The summed E-state index contributed by atoms with van der Waals surface area (Å²) in [6.45, 7) is 9.05. The minimum atomic E-state index is -0.149. The first kappa shape index (κ1) is 22.9. The lowest BCUT2D eigenvalue weighted by atomic mass is 10.0. The van der Waals surface area contributed by atoms with Crippen LogP contribution in [0.2, 0.25) is 0 Å². The van der Waals surface area contributed by atoms with Gasteiger partial charge < -0.3 is 19.3 Å². The molecular weight excluding hydrogens is 368 g/mol. The molecule has 0 aromatic heterocycles. The monoisotopic (exact) mass is 400 g/mol. The van der Waals surface area contributed by atoms with Gasteiger partial charge in [-0.2, -0.15) is 0 Å². The van der Waals surface area contributed by atoms with Gasteiger partial charge in [-0.3, -0.25) is 4.79 Å². The molecule has 0 radical (unpaired) electrons. The van der Waals surface area contributed by atoms with Gasteiger partial charge in [0.25, 0.3) is 0 Å². The molecule has 0 aliphatic carbocycles. The first-order valence-corrected chi connectivity index (χ1v) is 10.1. The Balaban J connectivity index is 1.93. The molecule has 2 aromatic carbocycles. The zero-order valence-electron chi connectivity index (χ0n) is 17.8. The highest BCUT2D eigenvalue weighted by Gasteiger charge is 2.14. The predicted octanol–water partition coefficient (Wildman–Crippen LogP) is 4.65. The second kappa shape index (κ2) is 11.0. The minimum absolute atomic E-state index is 0.0440. The molecular formula is C24H32O5. The van der Waals surface area contributed by atoms with Crippen LogP contribution in [0, 0.1) is 0 Å². The van der Waals surface area contributed by atoms with Gasteiger partial charge in [0.2, 0.25) is 0 Å². The van der Waals surface area contributed by atoms with Crippen LogP contribution < -0.4 is 9.47 Å². The van der Waals surface area contributed by atoms with Gasteiger partial charge in [0, 0.05) is 17.5 Å². The summed E-state index contributed by atoms with van der Waals surface area (Å²) in [4.78, 5) is 12.7. The van der Waals surface area contributed by atoms with E-state index in [0.717, 1.165) is 18.6 Å². The quantitative estimate of drug-likeness (QED) is 0.556. The summed E-state index contributed by atoms with van der Waals surface area (Å²) in [6.07, 6.45) is 1.78. The van der Waals surface area contributed by atoms with Crippen LogP contribution in [0.3, 0.4) is 0 Å². The summed E-state index contributed by atoms with van der Waals surface area (Å²) in [6, 6.07) is 14.1. The van der Waals surface area contributed by atoms with Crippen LogP contribution in [0.4, 0.5) is 0 Å². The molecule has 0 heterocycles. The highest BCUT2D eigenvalue weighted by molar-refractivity contribution is 6.09. The van der Waals surface area contributed by atoms with Crippen molar-refractivity contribution in [3.8, 4) is 11.5 Å². The smallest absolute Gasteiger partial charge is 0.193 e. The number of benzene rings is 2. The topological polar surface area (TPSA) is 65.0 Å². The maximum absolute atomic E-state index is 12.7. The van der Waals surface area contributed by atoms with Crippen molar-refractivity contribution in [1.82, 2.24) is 0 Å². The van der Waals surface area contributed by atoms with Crippen LogP contribution in [-0.4, -0.2) is 42.4 Å². The van der Waals surface area contributed by atoms with Gasteiger partial charge in [-0.25, -0.2) is 0 Å². The van der Waals surface area contributed by atoms with Gasteiger partial charge in [-0.1, -0.05) is 6.92 Å². The summed E-state index contributed by atoms with van der Waals surface area (Å²) >= 11 is 0. The largest absolute Gasteiger partial charge is 0.491 e. The number of rotatable bonds is 11. The van der Waals surface area contributed by atoms with Crippen LogP contribution in [0.5, 0.6) is 11.5 Å². The molecule has 29 heavy (non-hydrogen) atoms. The number of aliphatic hydroxyl groups excluding tert-OH is 1. The number of ether oxygens (including phenoxy) is 3. The van der Waals surface area contributed by atoms with E-state index in [1.807, 2.05) is 32.9 Å². The molecule has 1 atom stereocenters. The Kier molecular flexibility index (Phi) is 8.68. The van der Waals surface area contributed by atoms with Gasteiger partial charge in [0.05, 0.1) is 18.8 Å². The van der Waals surface area contributed by atoms with E-state index in [1.165, 1.54) is 0 Å². The fourth-order valence-electron chi connectivity index (χ4n) is 2.75. The lowest BCUT2D eigenvalue weighted by molar-refractivity contribution is -0.0160. The first-order chi connectivity index (χ1) is 13.8. The van der Waals surface area contributed by atoms with Gasteiger partial charge in [-0.15, -0.1) is 0 Å². The van der Waals surface area contributed by atoms with E-state index in [4.69, 9.17) is 19.3 Å². The Hall–Kier alpha value is -2.37. The van der Waals surface area contributed by atoms with Gasteiger partial charge in [0.15, 0.2) is 5.78 Å².